The Balaban J connectivity index is 1.51. The Hall–Kier alpha value is -2.13. The molecule has 1 saturated heterocycles. The number of hydrogen-bond donors (Lipinski definition) is 2. The van der Waals surface area contributed by atoms with Gasteiger partial charge in [-0.25, -0.2) is 14.2 Å². The van der Waals surface area contributed by atoms with Crippen molar-refractivity contribution < 1.29 is 19.1 Å². The maximum Gasteiger partial charge on any atom is 0.355 e. The summed E-state index contributed by atoms with van der Waals surface area (Å²) in [5.41, 5.74) is 1.35. The number of hydrogen-bond acceptors (Lipinski definition) is 6. The van der Waals surface area contributed by atoms with Crippen LogP contribution >= 0.6 is 23.1 Å². The fourth-order valence-corrected chi connectivity index (χ4v) is 4.71. The molecule has 1 atom stereocenters. The molecule has 6 nitrogen and oxygen atoms in total. The van der Waals surface area contributed by atoms with Gasteiger partial charge < -0.3 is 15.3 Å². The van der Waals surface area contributed by atoms with Crippen LogP contribution in [0.5, 0.6) is 0 Å². The van der Waals surface area contributed by atoms with Crippen LogP contribution in [0.2, 0.25) is 0 Å². The molecule has 2 aromatic rings. The van der Waals surface area contributed by atoms with E-state index in [2.05, 4.69) is 10.3 Å². The highest BCUT2D eigenvalue weighted by molar-refractivity contribution is 8.01. The average molecular weight is 410 g/mol. The summed E-state index contributed by atoms with van der Waals surface area (Å²) >= 11 is 2.74. The Morgan fingerprint density at radius 3 is 3.04 bits per heavy atom. The Bertz CT molecular complexity index is 843. The summed E-state index contributed by atoms with van der Waals surface area (Å²) in [6.45, 7) is 2.86. The molecule has 1 aromatic heterocycles. The van der Waals surface area contributed by atoms with Gasteiger partial charge >= 0.3 is 5.97 Å². The molecule has 0 aliphatic carbocycles. The molecule has 0 saturated carbocycles. The molecular formula is C18H20FN3O3S2. The number of likely N-dealkylation sites (tertiary alicyclic amines) is 1. The number of thiazole rings is 1. The average Bonchev–Trinajstić information content (AvgIpc) is 3.24. The third-order valence-electron chi connectivity index (χ3n) is 4.43. The van der Waals surface area contributed by atoms with Gasteiger partial charge in [0.15, 0.2) is 10.0 Å². The summed E-state index contributed by atoms with van der Waals surface area (Å²) in [5, 5.41) is 13.6. The van der Waals surface area contributed by atoms with Crippen molar-refractivity contribution in [2.24, 2.45) is 0 Å². The molecule has 0 spiro atoms. The van der Waals surface area contributed by atoms with Crippen LogP contribution in [-0.2, 0) is 4.79 Å². The second-order valence-corrected chi connectivity index (χ2v) is 8.48. The van der Waals surface area contributed by atoms with Gasteiger partial charge in [0.05, 0.1) is 0 Å². The van der Waals surface area contributed by atoms with Crippen molar-refractivity contribution in [2.75, 3.05) is 24.2 Å². The number of aryl methyl sites for hydroxylation is 1. The smallest absolute Gasteiger partial charge is 0.355 e. The maximum atomic E-state index is 13.6. The zero-order chi connectivity index (χ0) is 19.4. The molecule has 2 N–H and O–H groups in total. The van der Waals surface area contributed by atoms with Crippen molar-refractivity contribution in [2.45, 2.75) is 30.1 Å². The maximum absolute atomic E-state index is 13.6. The van der Waals surface area contributed by atoms with Gasteiger partial charge in [-0.1, -0.05) is 17.8 Å². The third kappa shape index (κ3) is 4.98. The monoisotopic (exact) mass is 409 g/mol. The first-order chi connectivity index (χ1) is 12.9. The minimum Gasteiger partial charge on any atom is -0.476 e. The largest absolute Gasteiger partial charge is 0.476 e. The SMILES string of the molecule is Cc1ccc(NC[C@H]2CCC(=O)N2CCSc2nc(C(=O)O)cs2)cc1F. The summed E-state index contributed by atoms with van der Waals surface area (Å²) in [5.74, 6) is -0.525. The number of aromatic carboxylic acids is 1. The van der Waals surface area contributed by atoms with E-state index in [1.807, 2.05) is 11.0 Å². The van der Waals surface area contributed by atoms with Gasteiger partial charge in [-0.2, -0.15) is 0 Å². The standard InChI is InChI=1S/C18H20FN3O3S2/c1-11-2-3-12(8-14(11)19)20-9-13-4-5-16(23)22(13)6-7-26-18-21-15(10-27-18)17(24)25/h2-3,8,10,13,20H,4-7,9H2,1H3,(H,24,25)/t13-/m1/s1. The molecular weight excluding hydrogens is 389 g/mol. The van der Waals surface area contributed by atoms with E-state index in [9.17, 15) is 14.0 Å². The number of carboxylic acids is 1. The molecule has 3 rings (SSSR count). The zero-order valence-corrected chi connectivity index (χ0v) is 16.4. The predicted molar refractivity (Wildman–Crippen MR) is 104 cm³/mol. The molecule has 1 fully saturated rings. The Labute approximate surface area is 164 Å². The van der Waals surface area contributed by atoms with Crippen LogP contribution < -0.4 is 5.32 Å². The molecule has 0 radical (unpaired) electrons. The summed E-state index contributed by atoms with van der Waals surface area (Å²) in [6.07, 6.45) is 1.28. The number of halogens is 1. The number of carbonyl (C=O) groups is 2. The van der Waals surface area contributed by atoms with Crippen molar-refractivity contribution in [3.8, 4) is 0 Å². The first-order valence-corrected chi connectivity index (χ1v) is 10.4. The molecule has 1 amide bonds. The lowest BCUT2D eigenvalue weighted by Gasteiger charge is -2.25. The molecule has 1 aliphatic heterocycles. The van der Waals surface area contributed by atoms with Crippen molar-refractivity contribution >= 4 is 40.7 Å². The van der Waals surface area contributed by atoms with Crippen molar-refractivity contribution in [3.63, 3.8) is 0 Å². The highest BCUT2D eigenvalue weighted by Crippen LogP contribution is 2.25. The van der Waals surface area contributed by atoms with Crippen LogP contribution in [0.25, 0.3) is 0 Å². The normalized spacial score (nSPS) is 16.7. The number of nitrogens with one attached hydrogen (secondary N) is 1. The lowest BCUT2D eigenvalue weighted by molar-refractivity contribution is -0.128. The zero-order valence-electron chi connectivity index (χ0n) is 14.8. The van der Waals surface area contributed by atoms with Gasteiger partial charge in [0.25, 0.3) is 0 Å². The summed E-state index contributed by atoms with van der Waals surface area (Å²) in [7, 11) is 0. The lowest BCUT2D eigenvalue weighted by atomic mass is 10.2. The van der Waals surface area contributed by atoms with Gasteiger partial charge in [0.1, 0.15) is 5.82 Å². The number of rotatable bonds is 8. The Morgan fingerprint density at radius 2 is 2.33 bits per heavy atom. The van der Waals surface area contributed by atoms with E-state index < -0.39 is 5.97 Å². The number of anilines is 1. The molecule has 144 valence electrons. The summed E-state index contributed by atoms with van der Waals surface area (Å²) in [4.78, 5) is 28.9. The molecule has 9 heteroatoms. The topological polar surface area (TPSA) is 82.5 Å². The summed E-state index contributed by atoms with van der Waals surface area (Å²) < 4.78 is 14.3. The fraction of sp³-hybridized carbons (Fsp3) is 0.389. The molecule has 1 aromatic carbocycles. The fourth-order valence-electron chi connectivity index (χ4n) is 2.90. The minimum atomic E-state index is -1.04. The molecule has 0 unspecified atom stereocenters. The van der Waals surface area contributed by atoms with Crippen LogP contribution in [0.4, 0.5) is 10.1 Å². The lowest BCUT2D eigenvalue weighted by Crippen LogP contribution is -2.39. The summed E-state index contributed by atoms with van der Waals surface area (Å²) in [6, 6.07) is 5.09. The van der Waals surface area contributed by atoms with E-state index in [-0.39, 0.29) is 23.5 Å². The number of aromatic nitrogens is 1. The third-order valence-corrected chi connectivity index (χ3v) is 6.43. The van der Waals surface area contributed by atoms with Crippen LogP contribution in [0.1, 0.15) is 28.9 Å². The van der Waals surface area contributed by atoms with Crippen LogP contribution in [0.15, 0.2) is 27.9 Å². The van der Waals surface area contributed by atoms with Crippen LogP contribution in [0.3, 0.4) is 0 Å². The number of carbonyl (C=O) groups excluding carboxylic acids is 1. The van der Waals surface area contributed by atoms with Crippen LogP contribution in [-0.4, -0.2) is 51.8 Å². The van der Waals surface area contributed by atoms with Gasteiger partial charge in [0.2, 0.25) is 5.91 Å². The number of carboxylic acid groups (broad SMARTS) is 1. The minimum absolute atomic E-state index is 0.0483. The van der Waals surface area contributed by atoms with Crippen molar-refractivity contribution in [3.05, 3.63) is 40.7 Å². The van der Waals surface area contributed by atoms with Gasteiger partial charge in [-0.3, -0.25) is 4.79 Å². The quantitative estimate of drug-likeness (QED) is 0.650. The van der Waals surface area contributed by atoms with E-state index in [0.29, 0.717) is 40.9 Å². The number of benzene rings is 1. The van der Waals surface area contributed by atoms with Gasteiger partial charge in [-0.15, -0.1) is 11.3 Å². The predicted octanol–water partition coefficient (Wildman–Crippen LogP) is 3.48. The Morgan fingerprint density at radius 1 is 1.52 bits per heavy atom. The van der Waals surface area contributed by atoms with Gasteiger partial charge in [-0.05, 0) is 31.0 Å². The second-order valence-electron chi connectivity index (χ2n) is 6.28. The Kier molecular flexibility index (Phi) is 6.33. The van der Waals surface area contributed by atoms with E-state index in [1.54, 1.807) is 13.0 Å². The van der Waals surface area contributed by atoms with E-state index in [1.165, 1.54) is 34.5 Å². The van der Waals surface area contributed by atoms with E-state index >= 15 is 0 Å². The molecule has 27 heavy (non-hydrogen) atoms. The molecule has 0 bridgehead atoms. The van der Waals surface area contributed by atoms with Gasteiger partial charge in [0, 0.05) is 42.4 Å². The first kappa shape index (κ1) is 19.6. The van der Waals surface area contributed by atoms with Crippen molar-refractivity contribution in [1.82, 2.24) is 9.88 Å². The number of amides is 1. The first-order valence-electron chi connectivity index (χ1n) is 8.55. The van der Waals surface area contributed by atoms with E-state index in [4.69, 9.17) is 5.11 Å². The molecule has 1 aliphatic rings. The van der Waals surface area contributed by atoms with Crippen molar-refractivity contribution in [1.29, 1.82) is 0 Å². The molecule has 2 heterocycles. The highest BCUT2D eigenvalue weighted by Gasteiger charge is 2.30. The number of nitrogens with zero attached hydrogens (tertiary/aromatic N) is 2. The highest BCUT2D eigenvalue weighted by atomic mass is 32.2. The van der Waals surface area contributed by atoms with Crippen LogP contribution in [0, 0.1) is 12.7 Å². The number of thioether (sulfide) groups is 1. The van der Waals surface area contributed by atoms with E-state index in [0.717, 1.165) is 6.42 Å². The second kappa shape index (κ2) is 8.71.